The molecule has 0 amide bonds. The van der Waals surface area contributed by atoms with E-state index in [1.807, 2.05) is 6.07 Å². The fourth-order valence-corrected chi connectivity index (χ4v) is 5.42. The van der Waals surface area contributed by atoms with Crippen molar-refractivity contribution in [1.29, 1.82) is 0 Å². The highest BCUT2D eigenvalue weighted by Gasteiger charge is 2.67. The van der Waals surface area contributed by atoms with E-state index >= 15 is 0 Å². The van der Waals surface area contributed by atoms with Crippen LogP contribution < -0.4 is 15.0 Å². The molecule has 3 aliphatic rings. The van der Waals surface area contributed by atoms with Crippen LogP contribution >= 0.6 is 23.2 Å². The molecule has 2 saturated heterocycles. The van der Waals surface area contributed by atoms with Gasteiger partial charge >= 0.3 is 0 Å². The smallest absolute Gasteiger partial charge is 0.120 e. The number of hydrogen-bond acceptors (Lipinski definition) is 3. The SMILES string of the molecule is C.Clc1ccc(OCC2C3CNCC32c2ccc(N3CCCC3)cc2)cc1Cl. The minimum absolute atomic E-state index is 0. The van der Waals surface area contributed by atoms with Crippen LogP contribution in [0.3, 0.4) is 0 Å². The molecule has 0 spiro atoms. The molecular weight excluding hydrogens is 391 g/mol. The highest BCUT2D eigenvalue weighted by molar-refractivity contribution is 6.42. The molecule has 2 aromatic carbocycles. The summed E-state index contributed by atoms with van der Waals surface area (Å²) in [5.41, 5.74) is 3.03. The van der Waals surface area contributed by atoms with Crippen molar-refractivity contribution < 1.29 is 4.74 Å². The van der Waals surface area contributed by atoms with E-state index in [-0.39, 0.29) is 12.8 Å². The van der Waals surface area contributed by atoms with Crippen LogP contribution in [0.1, 0.15) is 25.8 Å². The molecule has 2 heterocycles. The van der Waals surface area contributed by atoms with Crippen molar-refractivity contribution in [3.05, 3.63) is 58.1 Å². The predicted molar refractivity (Wildman–Crippen MR) is 118 cm³/mol. The first kappa shape index (κ1) is 19.9. The number of piperidine rings is 1. The second kappa shape index (κ2) is 7.78. The summed E-state index contributed by atoms with van der Waals surface area (Å²) in [5, 5.41) is 4.67. The van der Waals surface area contributed by atoms with Crippen LogP contribution in [0.2, 0.25) is 10.0 Å². The zero-order chi connectivity index (χ0) is 18.4. The standard InChI is InChI=1S/C22H24Cl2N2O.CH4/c23-20-8-7-17(11-21(20)24)27-13-19-18-12-25-14-22(18,19)15-3-5-16(6-4-15)26-9-1-2-10-26;/h3-8,11,18-19,25H,1-2,9-10,12-14H2;1H4. The first-order valence-electron chi connectivity index (χ1n) is 9.82. The van der Waals surface area contributed by atoms with Crippen LogP contribution in [0, 0.1) is 11.8 Å². The Labute approximate surface area is 178 Å². The Morgan fingerprint density at radius 3 is 2.50 bits per heavy atom. The second-order valence-corrected chi connectivity index (χ2v) is 8.83. The predicted octanol–water partition coefficient (Wildman–Crippen LogP) is 5.40. The van der Waals surface area contributed by atoms with E-state index < -0.39 is 0 Å². The molecule has 150 valence electrons. The third kappa shape index (κ3) is 3.28. The van der Waals surface area contributed by atoms with Crippen LogP contribution in [0.4, 0.5) is 5.69 Å². The van der Waals surface area contributed by atoms with Gasteiger partial charge < -0.3 is 15.0 Å². The Balaban J connectivity index is 0.00000192. The fraction of sp³-hybridized carbons (Fsp3) is 0.478. The molecule has 1 N–H and O–H groups in total. The molecule has 0 aromatic heterocycles. The molecule has 1 saturated carbocycles. The van der Waals surface area contributed by atoms with Crippen LogP contribution in [-0.4, -0.2) is 32.8 Å². The number of hydrogen-bond donors (Lipinski definition) is 1. The Morgan fingerprint density at radius 1 is 1.04 bits per heavy atom. The summed E-state index contributed by atoms with van der Waals surface area (Å²) in [4.78, 5) is 2.49. The summed E-state index contributed by atoms with van der Waals surface area (Å²) in [6.45, 7) is 5.21. The van der Waals surface area contributed by atoms with Crippen molar-refractivity contribution in [3.8, 4) is 5.75 Å². The summed E-state index contributed by atoms with van der Waals surface area (Å²) in [6, 6.07) is 14.8. The highest BCUT2D eigenvalue weighted by atomic mass is 35.5. The van der Waals surface area contributed by atoms with Gasteiger partial charge in [-0.25, -0.2) is 0 Å². The number of nitrogens with zero attached hydrogens (tertiary/aromatic N) is 1. The van der Waals surface area contributed by atoms with Crippen molar-refractivity contribution in [2.24, 2.45) is 11.8 Å². The summed E-state index contributed by atoms with van der Waals surface area (Å²) < 4.78 is 6.07. The molecule has 5 rings (SSSR count). The lowest BCUT2D eigenvalue weighted by atomic mass is 9.92. The molecule has 3 nitrogen and oxygen atoms in total. The van der Waals surface area contributed by atoms with E-state index in [4.69, 9.17) is 27.9 Å². The van der Waals surface area contributed by atoms with Gasteiger partial charge in [-0.05, 0) is 55.1 Å². The molecular formula is C23H28Cl2N2O. The van der Waals surface area contributed by atoms with Gasteiger partial charge in [-0.15, -0.1) is 0 Å². The first-order chi connectivity index (χ1) is 13.2. The molecule has 3 unspecified atom stereocenters. The maximum absolute atomic E-state index is 6.11. The van der Waals surface area contributed by atoms with Crippen LogP contribution in [0.15, 0.2) is 42.5 Å². The Kier molecular flexibility index (Phi) is 5.52. The average molecular weight is 419 g/mol. The summed E-state index contributed by atoms with van der Waals surface area (Å²) >= 11 is 12.1. The number of fused-ring (bicyclic) bond motifs is 1. The number of halogens is 2. The van der Waals surface area contributed by atoms with E-state index in [2.05, 4.69) is 34.5 Å². The lowest BCUT2D eigenvalue weighted by Gasteiger charge is -2.20. The second-order valence-electron chi connectivity index (χ2n) is 8.01. The maximum atomic E-state index is 6.11. The van der Waals surface area contributed by atoms with E-state index in [1.54, 1.807) is 12.1 Å². The zero-order valence-electron chi connectivity index (χ0n) is 15.3. The molecule has 0 radical (unpaired) electrons. The Bertz CT molecular complexity index is 835. The first-order valence-corrected chi connectivity index (χ1v) is 10.6. The topological polar surface area (TPSA) is 24.5 Å². The third-order valence-corrected chi connectivity index (χ3v) is 7.42. The zero-order valence-corrected chi connectivity index (χ0v) is 16.8. The summed E-state index contributed by atoms with van der Waals surface area (Å²) in [5.74, 6) is 1.99. The van der Waals surface area contributed by atoms with Gasteiger partial charge in [-0.2, -0.15) is 0 Å². The van der Waals surface area contributed by atoms with Gasteiger partial charge in [0.2, 0.25) is 0 Å². The van der Waals surface area contributed by atoms with Crippen molar-refractivity contribution in [1.82, 2.24) is 5.32 Å². The van der Waals surface area contributed by atoms with Crippen LogP contribution in [0.5, 0.6) is 5.75 Å². The summed E-state index contributed by atoms with van der Waals surface area (Å²) in [7, 11) is 0. The van der Waals surface area contributed by atoms with E-state index in [0.29, 0.717) is 21.9 Å². The van der Waals surface area contributed by atoms with E-state index in [0.717, 1.165) is 25.4 Å². The van der Waals surface area contributed by atoms with Crippen LogP contribution in [0.25, 0.3) is 0 Å². The monoisotopic (exact) mass is 418 g/mol. The van der Waals surface area contributed by atoms with Gasteiger partial charge in [0.1, 0.15) is 5.75 Å². The van der Waals surface area contributed by atoms with Crippen molar-refractivity contribution in [2.45, 2.75) is 25.7 Å². The fourth-order valence-electron chi connectivity index (χ4n) is 5.13. The van der Waals surface area contributed by atoms with Gasteiger partial charge in [0.25, 0.3) is 0 Å². The molecule has 28 heavy (non-hydrogen) atoms. The van der Waals surface area contributed by atoms with Gasteiger partial charge in [0, 0.05) is 42.7 Å². The molecule has 3 atom stereocenters. The Morgan fingerprint density at radius 2 is 1.79 bits per heavy atom. The lowest BCUT2D eigenvalue weighted by molar-refractivity contribution is 0.276. The molecule has 0 bridgehead atoms. The molecule has 2 aliphatic heterocycles. The van der Waals surface area contributed by atoms with Gasteiger partial charge in [-0.3, -0.25) is 0 Å². The van der Waals surface area contributed by atoms with Gasteiger partial charge in [0.15, 0.2) is 0 Å². The lowest BCUT2D eigenvalue weighted by Crippen LogP contribution is -2.26. The van der Waals surface area contributed by atoms with Crippen LogP contribution in [-0.2, 0) is 5.41 Å². The van der Waals surface area contributed by atoms with Crippen molar-refractivity contribution in [3.63, 3.8) is 0 Å². The Hall–Kier alpha value is -1.42. The largest absolute Gasteiger partial charge is 0.493 e. The van der Waals surface area contributed by atoms with E-state index in [1.165, 1.54) is 37.2 Å². The third-order valence-electron chi connectivity index (χ3n) is 6.68. The normalized spacial score (nSPS) is 28.0. The number of nitrogens with one attached hydrogen (secondary N) is 1. The number of benzene rings is 2. The molecule has 1 aliphatic carbocycles. The van der Waals surface area contributed by atoms with Gasteiger partial charge in [0.05, 0.1) is 16.7 Å². The minimum atomic E-state index is 0. The number of ether oxygens (including phenoxy) is 1. The molecule has 3 fully saturated rings. The molecule has 2 aromatic rings. The average Bonchev–Trinajstić information content (AvgIpc) is 3.11. The minimum Gasteiger partial charge on any atom is -0.493 e. The number of anilines is 1. The highest BCUT2D eigenvalue weighted by Crippen LogP contribution is 2.62. The number of rotatable bonds is 5. The maximum Gasteiger partial charge on any atom is 0.120 e. The van der Waals surface area contributed by atoms with Crippen molar-refractivity contribution in [2.75, 3.05) is 37.7 Å². The van der Waals surface area contributed by atoms with Crippen molar-refractivity contribution >= 4 is 28.9 Å². The molecule has 5 heteroatoms. The van der Waals surface area contributed by atoms with Gasteiger partial charge in [-0.1, -0.05) is 42.8 Å². The quantitative estimate of drug-likeness (QED) is 0.703. The van der Waals surface area contributed by atoms with E-state index in [9.17, 15) is 0 Å². The summed E-state index contributed by atoms with van der Waals surface area (Å²) in [6.07, 6.45) is 2.62.